The first kappa shape index (κ1) is 15.4. The van der Waals surface area contributed by atoms with Gasteiger partial charge in [0.2, 0.25) is 4.77 Å². The zero-order valence-corrected chi connectivity index (χ0v) is 14.1. The fourth-order valence-electron chi connectivity index (χ4n) is 2.02. The van der Waals surface area contributed by atoms with Gasteiger partial charge in [-0.2, -0.15) is 14.9 Å². The van der Waals surface area contributed by atoms with E-state index in [0.717, 1.165) is 10.4 Å². The smallest absolute Gasteiger partial charge is 0.216 e. The summed E-state index contributed by atoms with van der Waals surface area (Å²) in [6.07, 6.45) is 1.70. The molecule has 6 nitrogen and oxygen atoms in total. The molecular weight excluding hydrogens is 332 g/mol. The SMILES string of the molecule is COc1ccc(/C=N/n2c(-c3cccs3)n[nH]c2=S)cc1OC. The van der Waals surface area contributed by atoms with Gasteiger partial charge in [0.1, 0.15) is 0 Å². The summed E-state index contributed by atoms with van der Waals surface area (Å²) in [5, 5.41) is 13.4. The number of aromatic amines is 1. The first-order chi connectivity index (χ1) is 11.2. The third-order valence-corrected chi connectivity index (χ3v) is 4.25. The summed E-state index contributed by atoms with van der Waals surface area (Å²) >= 11 is 6.82. The van der Waals surface area contributed by atoms with Crippen molar-refractivity contribution in [2.45, 2.75) is 0 Å². The highest BCUT2D eigenvalue weighted by Gasteiger charge is 2.09. The number of nitrogens with zero attached hydrogens (tertiary/aromatic N) is 3. The van der Waals surface area contributed by atoms with Gasteiger partial charge >= 0.3 is 0 Å². The second-order valence-electron chi connectivity index (χ2n) is 4.50. The maximum Gasteiger partial charge on any atom is 0.216 e. The number of methoxy groups -OCH3 is 2. The number of ether oxygens (including phenoxy) is 2. The Labute approximate surface area is 142 Å². The number of hydrogen-bond donors (Lipinski definition) is 1. The Hall–Kier alpha value is -2.45. The second kappa shape index (κ2) is 6.76. The molecule has 0 aliphatic heterocycles. The normalized spacial score (nSPS) is 11.0. The van der Waals surface area contributed by atoms with Gasteiger partial charge in [-0.3, -0.25) is 0 Å². The summed E-state index contributed by atoms with van der Waals surface area (Å²) in [6, 6.07) is 9.49. The highest BCUT2D eigenvalue weighted by Crippen LogP contribution is 2.27. The van der Waals surface area contributed by atoms with Crippen molar-refractivity contribution in [2.24, 2.45) is 5.10 Å². The summed E-state index contributed by atoms with van der Waals surface area (Å²) in [6.45, 7) is 0. The maximum absolute atomic E-state index is 5.29. The van der Waals surface area contributed by atoms with E-state index in [1.165, 1.54) is 0 Å². The van der Waals surface area contributed by atoms with Crippen molar-refractivity contribution in [3.63, 3.8) is 0 Å². The Morgan fingerprint density at radius 3 is 2.78 bits per heavy atom. The molecule has 1 N–H and O–H groups in total. The Morgan fingerprint density at radius 1 is 1.26 bits per heavy atom. The van der Waals surface area contributed by atoms with E-state index < -0.39 is 0 Å². The lowest BCUT2D eigenvalue weighted by molar-refractivity contribution is 0.355. The van der Waals surface area contributed by atoms with Crippen LogP contribution in [0.15, 0.2) is 40.8 Å². The standard InChI is InChI=1S/C15H14N4O2S2/c1-20-11-6-5-10(8-12(11)21-2)9-16-19-14(17-18-15(19)22)13-4-3-7-23-13/h3-9H,1-2H3,(H,18,22)/b16-9+. The molecule has 0 atom stereocenters. The van der Waals surface area contributed by atoms with Gasteiger partial charge in [0.25, 0.3) is 0 Å². The topological polar surface area (TPSA) is 64.4 Å². The average molecular weight is 346 g/mol. The number of aromatic nitrogens is 3. The molecule has 1 aromatic carbocycles. The first-order valence-electron chi connectivity index (χ1n) is 6.70. The predicted octanol–water partition coefficient (Wildman–Crippen LogP) is 3.57. The van der Waals surface area contributed by atoms with Crippen LogP contribution in [0.1, 0.15) is 5.56 Å². The highest BCUT2D eigenvalue weighted by atomic mass is 32.1. The van der Waals surface area contributed by atoms with Crippen LogP contribution in [0.25, 0.3) is 10.7 Å². The molecule has 2 heterocycles. The molecule has 0 bridgehead atoms. The molecule has 0 aliphatic carbocycles. The molecule has 0 unspecified atom stereocenters. The molecule has 0 radical (unpaired) electrons. The van der Waals surface area contributed by atoms with Gasteiger partial charge in [-0.25, -0.2) is 5.10 Å². The molecule has 2 aromatic heterocycles. The molecular formula is C15H14N4O2S2. The Kier molecular flexibility index (Phi) is 4.54. The Balaban J connectivity index is 1.95. The molecule has 8 heteroatoms. The summed E-state index contributed by atoms with van der Waals surface area (Å²) in [5.41, 5.74) is 0.864. The van der Waals surface area contributed by atoms with E-state index in [4.69, 9.17) is 21.7 Å². The zero-order chi connectivity index (χ0) is 16.2. The van der Waals surface area contributed by atoms with Gasteiger partial charge in [0.15, 0.2) is 17.3 Å². The van der Waals surface area contributed by atoms with Gasteiger partial charge in [0.05, 0.1) is 25.3 Å². The Bertz CT molecular complexity index is 881. The van der Waals surface area contributed by atoms with Crippen LogP contribution in [0, 0.1) is 4.77 Å². The average Bonchev–Trinajstić information content (AvgIpc) is 3.22. The van der Waals surface area contributed by atoms with Crippen LogP contribution in [-0.4, -0.2) is 35.3 Å². The third kappa shape index (κ3) is 3.17. The van der Waals surface area contributed by atoms with E-state index in [9.17, 15) is 0 Å². The van der Waals surface area contributed by atoms with Crippen molar-refractivity contribution < 1.29 is 9.47 Å². The molecule has 0 aliphatic rings. The summed E-state index contributed by atoms with van der Waals surface area (Å²) in [5.74, 6) is 2.00. The van der Waals surface area contributed by atoms with Crippen LogP contribution < -0.4 is 9.47 Å². The van der Waals surface area contributed by atoms with Crippen molar-refractivity contribution in [1.29, 1.82) is 0 Å². The van der Waals surface area contributed by atoms with Gasteiger partial charge in [-0.1, -0.05) is 6.07 Å². The lowest BCUT2D eigenvalue weighted by atomic mass is 10.2. The second-order valence-corrected chi connectivity index (χ2v) is 5.83. The number of rotatable bonds is 5. The molecule has 0 amide bonds. The number of hydrogen-bond acceptors (Lipinski definition) is 6. The molecule has 3 rings (SSSR count). The lowest BCUT2D eigenvalue weighted by Crippen LogP contribution is -1.95. The van der Waals surface area contributed by atoms with Crippen LogP contribution in [0.2, 0.25) is 0 Å². The fraction of sp³-hybridized carbons (Fsp3) is 0.133. The fourth-order valence-corrected chi connectivity index (χ4v) is 2.90. The van der Waals surface area contributed by atoms with Crippen molar-refractivity contribution in [2.75, 3.05) is 14.2 Å². The molecule has 118 valence electrons. The molecule has 0 saturated heterocycles. The van der Waals surface area contributed by atoms with Gasteiger partial charge in [0, 0.05) is 0 Å². The summed E-state index contributed by atoms with van der Waals surface area (Å²) in [4.78, 5) is 0.988. The summed E-state index contributed by atoms with van der Waals surface area (Å²) in [7, 11) is 3.20. The number of benzene rings is 1. The maximum atomic E-state index is 5.29. The minimum atomic E-state index is 0.435. The van der Waals surface area contributed by atoms with E-state index in [2.05, 4.69) is 15.3 Å². The Morgan fingerprint density at radius 2 is 2.09 bits per heavy atom. The zero-order valence-electron chi connectivity index (χ0n) is 12.5. The van der Waals surface area contributed by atoms with Gasteiger partial charge in [-0.05, 0) is 47.4 Å². The quantitative estimate of drug-likeness (QED) is 0.567. The van der Waals surface area contributed by atoms with Crippen molar-refractivity contribution in [1.82, 2.24) is 14.9 Å². The molecule has 0 fully saturated rings. The van der Waals surface area contributed by atoms with Crippen LogP contribution in [-0.2, 0) is 0 Å². The van der Waals surface area contributed by atoms with Crippen LogP contribution >= 0.6 is 23.6 Å². The lowest BCUT2D eigenvalue weighted by Gasteiger charge is -2.07. The van der Waals surface area contributed by atoms with Crippen LogP contribution in [0.3, 0.4) is 0 Å². The van der Waals surface area contributed by atoms with Gasteiger partial charge < -0.3 is 9.47 Å². The van der Waals surface area contributed by atoms with E-state index in [1.54, 1.807) is 36.4 Å². The van der Waals surface area contributed by atoms with Crippen molar-refractivity contribution in [3.8, 4) is 22.2 Å². The van der Waals surface area contributed by atoms with E-state index in [0.29, 0.717) is 22.1 Å². The largest absolute Gasteiger partial charge is 0.493 e. The van der Waals surface area contributed by atoms with Crippen molar-refractivity contribution in [3.05, 3.63) is 46.0 Å². The predicted molar refractivity (Wildman–Crippen MR) is 93.3 cm³/mol. The highest BCUT2D eigenvalue weighted by molar-refractivity contribution is 7.71. The first-order valence-corrected chi connectivity index (χ1v) is 7.99. The molecule has 3 aromatic rings. The van der Waals surface area contributed by atoms with Gasteiger partial charge in [-0.15, -0.1) is 11.3 Å². The van der Waals surface area contributed by atoms with E-state index in [1.807, 2.05) is 35.7 Å². The van der Waals surface area contributed by atoms with E-state index in [-0.39, 0.29) is 0 Å². The van der Waals surface area contributed by atoms with E-state index >= 15 is 0 Å². The summed E-state index contributed by atoms with van der Waals surface area (Å²) < 4.78 is 12.5. The molecule has 0 spiro atoms. The minimum Gasteiger partial charge on any atom is -0.493 e. The monoisotopic (exact) mass is 346 g/mol. The number of nitrogens with one attached hydrogen (secondary N) is 1. The van der Waals surface area contributed by atoms with Crippen molar-refractivity contribution >= 4 is 29.8 Å². The number of thiophene rings is 1. The third-order valence-electron chi connectivity index (χ3n) is 3.12. The molecule has 23 heavy (non-hydrogen) atoms. The minimum absolute atomic E-state index is 0.435. The number of H-pyrrole nitrogens is 1. The van der Waals surface area contributed by atoms with Crippen LogP contribution in [0.4, 0.5) is 0 Å². The molecule has 0 saturated carbocycles. The van der Waals surface area contributed by atoms with Crippen LogP contribution in [0.5, 0.6) is 11.5 Å².